The number of carbonyl (C=O) groups excluding carboxylic acids is 1. The Hall–Kier alpha value is -2.90. The van der Waals surface area contributed by atoms with E-state index in [9.17, 15) is 4.79 Å². The van der Waals surface area contributed by atoms with Gasteiger partial charge in [0.05, 0.1) is 22.9 Å². The molecule has 0 radical (unpaired) electrons. The van der Waals surface area contributed by atoms with Crippen LogP contribution in [0.15, 0.2) is 65.7 Å². The fraction of sp³-hybridized carbons (Fsp3) is 0.345. The molecule has 0 saturated carbocycles. The van der Waals surface area contributed by atoms with Crippen LogP contribution in [0.5, 0.6) is 5.75 Å². The lowest BCUT2D eigenvalue weighted by atomic mass is 9.99. The van der Waals surface area contributed by atoms with Gasteiger partial charge in [0, 0.05) is 23.9 Å². The van der Waals surface area contributed by atoms with Crippen LogP contribution in [-0.2, 0) is 4.79 Å². The molecule has 1 aliphatic rings. The number of amides is 1. The first-order valence-electron chi connectivity index (χ1n) is 12.7. The van der Waals surface area contributed by atoms with Crippen molar-refractivity contribution in [3.05, 3.63) is 71.3 Å². The zero-order chi connectivity index (χ0) is 25.5. The Morgan fingerprint density at radius 3 is 2.50 bits per heavy atom. The van der Waals surface area contributed by atoms with Crippen LogP contribution in [0.4, 0.5) is 0 Å². The van der Waals surface area contributed by atoms with Gasteiger partial charge in [0.1, 0.15) is 10.1 Å². The van der Waals surface area contributed by atoms with Gasteiger partial charge in [-0.05, 0) is 61.7 Å². The third kappa shape index (κ3) is 6.08. The van der Waals surface area contributed by atoms with Gasteiger partial charge in [0.25, 0.3) is 5.91 Å². The molecular formula is C29H33N3O2S2. The van der Waals surface area contributed by atoms with Crippen LogP contribution in [0.3, 0.4) is 0 Å². The summed E-state index contributed by atoms with van der Waals surface area (Å²) in [6.45, 7) is 7.66. The molecule has 2 heterocycles. The SMILES string of the molecule is CCCC[C@@H](CC)CN1C(=O)/C(=C/c2cn(-c3ccccc3)nc2-c2ccc(OCC)cc2)SC1=S. The van der Waals surface area contributed by atoms with Crippen molar-refractivity contribution >= 4 is 40.3 Å². The Kier molecular flexibility index (Phi) is 8.99. The van der Waals surface area contributed by atoms with Crippen molar-refractivity contribution in [2.75, 3.05) is 13.2 Å². The molecule has 4 rings (SSSR count). The highest BCUT2D eigenvalue weighted by atomic mass is 32.2. The number of carbonyl (C=O) groups is 1. The third-order valence-electron chi connectivity index (χ3n) is 6.35. The lowest BCUT2D eigenvalue weighted by Crippen LogP contribution is -2.33. The number of hydrogen-bond acceptors (Lipinski definition) is 5. The average Bonchev–Trinajstić information content (AvgIpc) is 3.44. The summed E-state index contributed by atoms with van der Waals surface area (Å²) in [5.41, 5.74) is 3.60. The summed E-state index contributed by atoms with van der Waals surface area (Å²) in [6.07, 6.45) is 8.41. The van der Waals surface area contributed by atoms with E-state index in [1.54, 1.807) is 4.90 Å². The first kappa shape index (κ1) is 26.2. The lowest BCUT2D eigenvalue weighted by molar-refractivity contribution is -0.122. The second-order valence-corrected chi connectivity index (χ2v) is 10.6. The number of ether oxygens (including phenoxy) is 1. The van der Waals surface area contributed by atoms with Gasteiger partial charge in [-0.1, -0.05) is 75.3 Å². The number of rotatable bonds is 11. The summed E-state index contributed by atoms with van der Waals surface area (Å²) in [5, 5.41) is 4.89. The maximum Gasteiger partial charge on any atom is 0.266 e. The zero-order valence-corrected chi connectivity index (χ0v) is 22.8. The summed E-state index contributed by atoms with van der Waals surface area (Å²) in [4.78, 5) is 15.8. The maximum atomic E-state index is 13.4. The van der Waals surface area contributed by atoms with E-state index in [0.29, 0.717) is 28.3 Å². The number of nitrogens with zero attached hydrogens (tertiary/aromatic N) is 3. The highest BCUT2D eigenvalue weighted by Gasteiger charge is 2.33. The molecule has 1 aliphatic heterocycles. The molecule has 7 heteroatoms. The van der Waals surface area contributed by atoms with Crippen molar-refractivity contribution in [1.29, 1.82) is 0 Å². The Labute approximate surface area is 223 Å². The van der Waals surface area contributed by atoms with E-state index < -0.39 is 0 Å². The molecule has 0 unspecified atom stereocenters. The largest absolute Gasteiger partial charge is 0.494 e. The predicted octanol–water partition coefficient (Wildman–Crippen LogP) is 7.36. The summed E-state index contributed by atoms with van der Waals surface area (Å²) in [7, 11) is 0. The maximum absolute atomic E-state index is 13.4. The summed E-state index contributed by atoms with van der Waals surface area (Å²) in [5.74, 6) is 1.27. The molecule has 5 nitrogen and oxygen atoms in total. The van der Waals surface area contributed by atoms with E-state index in [4.69, 9.17) is 22.1 Å². The normalized spacial score (nSPS) is 15.6. The number of unbranched alkanes of at least 4 members (excludes halogenated alkanes) is 1. The van der Waals surface area contributed by atoms with Gasteiger partial charge in [-0.2, -0.15) is 5.10 Å². The highest BCUT2D eigenvalue weighted by Crippen LogP contribution is 2.36. The Morgan fingerprint density at radius 1 is 1.08 bits per heavy atom. The number of aromatic nitrogens is 2. The molecular weight excluding hydrogens is 486 g/mol. The van der Waals surface area contributed by atoms with E-state index in [1.165, 1.54) is 18.2 Å². The lowest BCUT2D eigenvalue weighted by Gasteiger charge is -2.21. The smallest absolute Gasteiger partial charge is 0.266 e. The Balaban J connectivity index is 1.67. The monoisotopic (exact) mass is 519 g/mol. The van der Waals surface area contributed by atoms with Gasteiger partial charge in [0.15, 0.2) is 0 Å². The fourth-order valence-corrected chi connectivity index (χ4v) is 5.55. The summed E-state index contributed by atoms with van der Waals surface area (Å²) >= 11 is 7.01. The van der Waals surface area contributed by atoms with E-state index in [2.05, 4.69) is 13.8 Å². The van der Waals surface area contributed by atoms with Crippen LogP contribution >= 0.6 is 24.0 Å². The van der Waals surface area contributed by atoms with E-state index in [0.717, 1.165) is 47.5 Å². The van der Waals surface area contributed by atoms with Crippen molar-refractivity contribution in [2.24, 2.45) is 5.92 Å². The summed E-state index contributed by atoms with van der Waals surface area (Å²) < 4.78 is 8.10. The average molecular weight is 520 g/mol. The minimum Gasteiger partial charge on any atom is -0.494 e. The van der Waals surface area contributed by atoms with Gasteiger partial charge in [-0.3, -0.25) is 9.69 Å². The van der Waals surface area contributed by atoms with Crippen molar-refractivity contribution in [2.45, 2.75) is 46.5 Å². The van der Waals surface area contributed by atoms with Gasteiger partial charge in [-0.25, -0.2) is 4.68 Å². The van der Waals surface area contributed by atoms with Gasteiger partial charge in [0.2, 0.25) is 0 Å². The first-order chi connectivity index (χ1) is 17.5. The van der Waals surface area contributed by atoms with Crippen molar-refractivity contribution in [3.8, 4) is 22.7 Å². The number of hydrogen-bond donors (Lipinski definition) is 0. The fourth-order valence-electron chi connectivity index (χ4n) is 4.28. The van der Waals surface area contributed by atoms with Crippen LogP contribution in [0.1, 0.15) is 52.0 Å². The van der Waals surface area contributed by atoms with Crippen LogP contribution in [0.2, 0.25) is 0 Å². The Morgan fingerprint density at radius 2 is 1.83 bits per heavy atom. The Bertz CT molecular complexity index is 1220. The highest BCUT2D eigenvalue weighted by molar-refractivity contribution is 8.26. The predicted molar refractivity (Wildman–Crippen MR) is 153 cm³/mol. The number of thiocarbonyl (C=S) groups is 1. The van der Waals surface area contributed by atoms with Crippen LogP contribution in [0, 0.1) is 5.92 Å². The number of thioether (sulfide) groups is 1. The third-order valence-corrected chi connectivity index (χ3v) is 7.72. The summed E-state index contributed by atoms with van der Waals surface area (Å²) in [6, 6.07) is 17.9. The van der Waals surface area contributed by atoms with Crippen molar-refractivity contribution in [1.82, 2.24) is 14.7 Å². The molecule has 188 valence electrons. The van der Waals surface area contributed by atoms with Gasteiger partial charge in [-0.15, -0.1) is 0 Å². The molecule has 1 amide bonds. The van der Waals surface area contributed by atoms with Crippen LogP contribution in [-0.4, -0.2) is 38.1 Å². The van der Waals surface area contributed by atoms with E-state index in [1.807, 2.05) is 78.5 Å². The molecule has 0 N–H and O–H groups in total. The minimum atomic E-state index is -0.00921. The van der Waals surface area contributed by atoms with Gasteiger partial charge < -0.3 is 4.74 Å². The van der Waals surface area contributed by atoms with Crippen molar-refractivity contribution in [3.63, 3.8) is 0 Å². The molecule has 0 spiro atoms. The quantitative estimate of drug-likeness (QED) is 0.196. The molecule has 1 fully saturated rings. The van der Waals surface area contributed by atoms with Crippen LogP contribution in [0.25, 0.3) is 23.0 Å². The minimum absolute atomic E-state index is 0.00921. The molecule has 0 bridgehead atoms. The second kappa shape index (κ2) is 12.4. The van der Waals surface area contributed by atoms with Gasteiger partial charge >= 0.3 is 0 Å². The van der Waals surface area contributed by atoms with Crippen LogP contribution < -0.4 is 4.74 Å². The standard InChI is InChI=1S/C29H33N3O2S2/c1-4-7-11-21(5-2)19-31-28(33)26(36-29(31)35)18-23-20-32(24-12-9-8-10-13-24)30-27(23)22-14-16-25(17-15-22)34-6-3/h8-10,12-18,20-21H,4-7,11,19H2,1-3H3/b26-18-/t21-/m1/s1. The molecule has 1 saturated heterocycles. The zero-order valence-electron chi connectivity index (χ0n) is 21.1. The molecule has 36 heavy (non-hydrogen) atoms. The molecule has 3 aromatic rings. The molecule has 1 aromatic heterocycles. The van der Waals surface area contributed by atoms with E-state index >= 15 is 0 Å². The van der Waals surface area contributed by atoms with E-state index in [-0.39, 0.29) is 5.91 Å². The molecule has 2 aromatic carbocycles. The molecule has 1 atom stereocenters. The number of benzene rings is 2. The first-order valence-corrected chi connectivity index (χ1v) is 13.9. The molecule has 0 aliphatic carbocycles. The van der Waals surface area contributed by atoms with Crippen molar-refractivity contribution < 1.29 is 9.53 Å². The topological polar surface area (TPSA) is 47.4 Å². The second-order valence-electron chi connectivity index (χ2n) is 8.88. The number of para-hydroxylation sites is 1.